The van der Waals surface area contributed by atoms with E-state index in [0.717, 1.165) is 5.56 Å². The highest BCUT2D eigenvalue weighted by molar-refractivity contribution is 6.39. The highest BCUT2D eigenvalue weighted by Crippen LogP contribution is 2.12. The lowest BCUT2D eigenvalue weighted by Gasteiger charge is -2.06. The predicted molar refractivity (Wildman–Crippen MR) is 83.7 cm³/mol. The molecule has 3 N–H and O–H groups in total. The van der Waals surface area contributed by atoms with Crippen LogP contribution < -0.4 is 10.7 Å². The minimum Gasteiger partial charge on any atom is -0.508 e. The van der Waals surface area contributed by atoms with E-state index in [0.29, 0.717) is 11.3 Å². The predicted octanol–water partition coefficient (Wildman–Crippen LogP) is 1.79. The Morgan fingerprint density at radius 2 is 1.86 bits per heavy atom. The van der Waals surface area contributed by atoms with E-state index in [2.05, 4.69) is 15.8 Å². The standard InChI is InChI=1S/C16H15N3O3/c1-11-5-2-3-8-14(11)18-15(21)16(22)19-17-10-12-6-4-7-13(20)9-12/h2-10,20H,1H3,(H,18,21)(H,19,22)/b17-10+. The van der Waals surface area contributed by atoms with Gasteiger partial charge in [0.15, 0.2) is 0 Å². The zero-order chi connectivity index (χ0) is 15.9. The van der Waals surface area contributed by atoms with Crippen molar-refractivity contribution in [1.29, 1.82) is 0 Å². The molecule has 0 aromatic heterocycles. The van der Waals surface area contributed by atoms with Gasteiger partial charge in [-0.15, -0.1) is 0 Å². The molecule has 0 spiro atoms. The summed E-state index contributed by atoms with van der Waals surface area (Å²) in [5, 5.41) is 15.5. The van der Waals surface area contributed by atoms with Gasteiger partial charge in [0.05, 0.1) is 6.21 Å². The molecule has 2 aromatic carbocycles. The molecule has 0 unspecified atom stereocenters. The SMILES string of the molecule is Cc1ccccc1NC(=O)C(=O)N/N=C/c1cccc(O)c1. The number of phenolic OH excluding ortho intramolecular Hbond substituents is 1. The summed E-state index contributed by atoms with van der Waals surface area (Å²) in [5.41, 5.74) is 4.15. The summed E-state index contributed by atoms with van der Waals surface area (Å²) in [5.74, 6) is -1.59. The Bertz CT molecular complexity index is 726. The molecule has 0 atom stereocenters. The quantitative estimate of drug-likeness (QED) is 0.458. The van der Waals surface area contributed by atoms with E-state index in [1.54, 1.807) is 24.3 Å². The highest BCUT2D eigenvalue weighted by Gasteiger charge is 2.13. The Kier molecular flexibility index (Phi) is 4.87. The molecule has 0 aliphatic rings. The van der Waals surface area contributed by atoms with Crippen molar-refractivity contribution >= 4 is 23.7 Å². The number of hydrogen-bond acceptors (Lipinski definition) is 4. The van der Waals surface area contributed by atoms with E-state index in [4.69, 9.17) is 0 Å². The molecule has 0 fully saturated rings. The molecule has 0 saturated heterocycles. The Hall–Kier alpha value is -3.15. The average Bonchev–Trinajstić information content (AvgIpc) is 2.49. The van der Waals surface area contributed by atoms with Crippen LogP contribution in [-0.2, 0) is 9.59 Å². The third-order valence-electron chi connectivity index (χ3n) is 2.85. The fraction of sp³-hybridized carbons (Fsp3) is 0.0625. The number of aryl methyl sites for hydroxylation is 1. The van der Waals surface area contributed by atoms with E-state index in [9.17, 15) is 14.7 Å². The maximum absolute atomic E-state index is 11.7. The van der Waals surface area contributed by atoms with Crippen molar-refractivity contribution in [1.82, 2.24) is 5.43 Å². The van der Waals surface area contributed by atoms with Crippen molar-refractivity contribution in [2.75, 3.05) is 5.32 Å². The van der Waals surface area contributed by atoms with Gasteiger partial charge < -0.3 is 10.4 Å². The van der Waals surface area contributed by atoms with Crippen LogP contribution in [0.2, 0.25) is 0 Å². The molecule has 6 nitrogen and oxygen atoms in total. The molecule has 0 radical (unpaired) electrons. The largest absolute Gasteiger partial charge is 0.508 e. The van der Waals surface area contributed by atoms with Crippen LogP contribution in [0.3, 0.4) is 0 Å². The summed E-state index contributed by atoms with van der Waals surface area (Å²) < 4.78 is 0. The first-order valence-corrected chi connectivity index (χ1v) is 6.55. The molecule has 6 heteroatoms. The third kappa shape index (κ3) is 4.17. The van der Waals surface area contributed by atoms with Crippen molar-refractivity contribution in [2.45, 2.75) is 6.92 Å². The fourth-order valence-electron chi connectivity index (χ4n) is 1.71. The number of aromatic hydroxyl groups is 1. The van der Waals surface area contributed by atoms with E-state index in [1.165, 1.54) is 18.3 Å². The van der Waals surface area contributed by atoms with Gasteiger partial charge >= 0.3 is 11.8 Å². The van der Waals surface area contributed by atoms with Crippen molar-refractivity contribution in [3.63, 3.8) is 0 Å². The molecule has 2 amide bonds. The van der Waals surface area contributed by atoms with Crippen LogP contribution in [0.5, 0.6) is 5.75 Å². The zero-order valence-electron chi connectivity index (χ0n) is 11.9. The summed E-state index contributed by atoms with van der Waals surface area (Å²) >= 11 is 0. The van der Waals surface area contributed by atoms with Gasteiger partial charge in [-0.1, -0.05) is 30.3 Å². The molecule has 0 heterocycles. The molecule has 0 aliphatic heterocycles. The average molecular weight is 297 g/mol. The van der Waals surface area contributed by atoms with Crippen LogP contribution in [0.1, 0.15) is 11.1 Å². The molecule has 0 aliphatic carbocycles. The number of carbonyl (C=O) groups excluding carboxylic acids is 2. The monoisotopic (exact) mass is 297 g/mol. The van der Waals surface area contributed by atoms with Crippen molar-refractivity contribution < 1.29 is 14.7 Å². The number of phenols is 1. The van der Waals surface area contributed by atoms with Crippen LogP contribution >= 0.6 is 0 Å². The number of amides is 2. The first-order chi connectivity index (χ1) is 10.6. The van der Waals surface area contributed by atoms with Crippen LogP contribution in [-0.4, -0.2) is 23.1 Å². The zero-order valence-corrected chi connectivity index (χ0v) is 11.9. The molecule has 0 saturated carbocycles. The van der Waals surface area contributed by atoms with Gasteiger partial charge in [0, 0.05) is 5.69 Å². The number of nitrogens with one attached hydrogen (secondary N) is 2. The lowest BCUT2D eigenvalue weighted by Crippen LogP contribution is -2.32. The van der Waals surface area contributed by atoms with Crippen molar-refractivity contribution in [3.8, 4) is 5.75 Å². The number of carbonyl (C=O) groups is 2. The van der Waals surface area contributed by atoms with Crippen molar-refractivity contribution in [2.24, 2.45) is 5.10 Å². The number of anilines is 1. The third-order valence-corrected chi connectivity index (χ3v) is 2.85. The van der Waals surface area contributed by atoms with Crippen LogP contribution in [0.25, 0.3) is 0 Å². The van der Waals surface area contributed by atoms with Gasteiger partial charge in [-0.2, -0.15) is 5.10 Å². The molecular formula is C16H15N3O3. The summed E-state index contributed by atoms with van der Waals surface area (Å²) in [4.78, 5) is 23.4. The first kappa shape index (κ1) is 15.2. The Labute approximate surface area is 127 Å². The van der Waals surface area contributed by atoms with E-state index in [-0.39, 0.29) is 5.75 Å². The van der Waals surface area contributed by atoms with E-state index >= 15 is 0 Å². The Morgan fingerprint density at radius 3 is 2.59 bits per heavy atom. The molecule has 22 heavy (non-hydrogen) atoms. The lowest BCUT2D eigenvalue weighted by molar-refractivity contribution is -0.136. The highest BCUT2D eigenvalue weighted by atomic mass is 16.3. The topological polar surface area (TPSA) is 90.8 Å². The second kappa shape index (κ2) is 7.03. The summed E-state index contributed by atoms with van der Waals surface area (Å²) in [6.45, 7) is 1.83. The van der Waals surface area contributed by atoms with E-state index < -0.39 is 11.8 Å². The van der Waals surface area contributed by atoms with Crippen LogP contribution in [0.4, 0.5) is 5.69 Å². The fourth-order valence-corrected chi connectivity index (χ4v) is 1.71. The maximum atomic E-state index is 11.7. The van der Waals surface area contributed by atoms with Crippen LogP contribution in [0, 0.1) is 6.92 Å². The van der Waals surface area contributed by atoms with Gasteiger partial charge in [0.1, 0.15) is 5.75 Å². The summed E-state index contributed by atoms with van der Waals surface area (Å²) in [7, 11) is 0. The second-order valence-corrected chi connectivity index (χ2v) is 4.56. The van der Waals surface area contributed by atoms with Crippen molar-refractivity contribution in [3.05, 3.63) is 59.7 Å². The van der Waals surface area contributed by atoms with Gasteiger partial charge in [-0.3, -0.25) is 9.59 Å². The summed E-state index contributed by atoms with van der Waals surface area (Å²) in [6.07, 6.45) is 1.33. The lowest BCUT2D eigenvalue weighted by atomic mass is 10.2. The van der Waals surface area contributed by atoms with Gasteiger partial charge in [-0.25, -0.2) is 5.43 Å². The van der Waals surface area contributed by atoms with Crippen LogP contribution in [0.15, 0.2) is 53.6 Å². The number of hydrazone groups is 1. The normalized spacial score (nSPS) is 10.4. The second-order valence-electron chi connectivity index (χ2n) is 4.56. The van der Waals surface area contributed by atoms with Gasteiger partial charge in [-0.05, 0) is 36.2 Å². The van der Waals surface area contributed by atoms with E-state index in [1.807, 2.05) is 19.1 Å². The number of benzene rings is 2. The molecular weight excluding hydrogens is 282 g/mol. The number of para-hydroxylation sites is 1. The van der Waals surface area contributed by atoms with Gasteiger partial charge in [0.2, 0.25) is 0 Å². The minimum atomic E-state index is -0.875. The number of rotatable bonds is 3. The summed E-state index contributed by atoms with van der Waals surface area (Å²) in [6, 6.07) is 13.5. The number of nitrogens with zero attached hydrogens (tertiary/aromatic N) is 1. The molecule has 2 rings (SSSR count). The van der Waals surface area contributed by atoms with Gasteiger partial charge in [0.25, 0.3) is 0 Å². The molecule has 0 bridgehead atoms. The Balaban J connectivity index is 1.92. The smallest absolute Gasteiger partial charge is 0.329 e. The molecule has 112 valence electrons. The minimum absolute atomic E-state index is 0.0903. The molecule has 2 aromatic rings. The number of hydrogen-bond donors (Lipinski definition) is 3. The maximum Gasteiger partial charge on any atom is 0.329 e. The first-order valence-electron chi connectivity index (χ1n) is 6.55. The Morgan fingerprint density at radius 1 is 1.09 bits per heavy atom.